The highest BCUT2D eigenvalue weighted by Crippen LogP contribution is 2.31. The van der Waals surface area contributed by atoms with Crippen LogP contribution in [0.1, 0.15) is 26.2 Å². The molecule has 1 heterocycles. The number of nitrogens with one attached hydrogen (secondary N) is 2. The maximum atomic E-state index is 11.8. The minimum absolute atomic E-state index is 0.0827. The normalized spacial score (nSPS) is 17.4. The molecule has 8 nitrogen and oxygen atoms in total. The van der Waals surface area contributed by atoms with Crippen molar-refractivity contribution >= 4 is 21.4 Å². The SMILES string of the molecule is CC[C@H](Nc1ccc(S(=O)(=O)NC)cc1[N+](=O)[O-])C1CCOCC1. The van der Waals surface area contributed by atoms with Gasteiger partial charge in [-0.15, -0.1) is 0 Å². The van der Waals surface area contributed by atoms with E-state index in [1.807, 2.05) is 6.92 Å². The summed E-state index contributed by atoms with van der Waals surface area (Å²) >= 11 is 0. The molecule has 0 aliphatic carbocycles. The van der Waals surface area contributed by atoms with E-state index in [-0.39, 0.29) is 16.6 Å². The Labute approximate surface area is 141 Å². The molecule has 2 rings (SSSR count). The van der Waals surface area contributed by atoms with Crippen molar-refractivity contribution in [3.63, 3.8) is 0 Å². The number of ether oxygens (including phenoxy) is 1. The molecule has 1 saturated heterocycles. The van der Waals surface area contributed by atoms with Crippen molar-refractivity contribution in [3.05, 3.63) is 28.3 Å². The first-order valence-corrected chi connectivity index (χ1v) is 9.43. The second kappa shape index (κ2) is 7.91. The quantitative estimate of drug-likeness (QED) is 0.571. The third-order valence-electron chi connectivity index (χ3n) is 4.36. The molecule has 1 atom stereocenters. The lowest BCUT2D eigenvalue weighted by atomic mass is 9.90. The molecule has 1 aliphatic heterocycles. The van der Waals surface area contributed by atoms with Crippen LogP contribution in [0.4, 0.5) is 11.4 Å². The van der Waals surface area contributed by atoms with Gasteiger partial charge >= 0.3 is 0 Å². The summed E-state index contributed by atoms with van der Waals surface area (Å²) in [7, 11) is -2.45. The predicted octanol–water partition coefficient (Wildman–Crippen LogP) is 2.12. The van der Waals surface area contributed by atoms with E-state index < -0.39 is 14.9 Å². The Balaban J connectivity index is 2.30. The molecule has 0 spiro atoms. The lowest BCUT2D eigenvalue weighted by Crippen LogP contribution is -2.33. The first-order chi connectivity index (χ1) is 11.4. The Bertz CT molecular complexity index is 686. The second-order valence-corrected chi connectivity index (χ2v) is 7.64. The third-order valence-corrected chi connectivity index (χ3v) is 5.77. The average Bonchev–Trinajstić information content (AvgIpc) is 2.60. The fourth-order valence-corrected chi connectivity index (χ4v) is 3.69. The predicted molar refractivity (Wildman–Crippen MR) is 90.6 cm³/mol. The van der Waals surface area contributed by atoms with Crippen molar-refractivity contribution in [3.8, 4) is 0 Å². The number of nitro benzene ring substituents is 1. The largest absolute Gasteiger partial charge is 0.381 e. The van der Waals surface area contributed by atoms with Crippen molar-refractivity contribution in [1.82, 2.24) is 4.72 Å². The molecule has 0 amide bonds. The van der Waals surface area contributed by atoms with Gasteiger partial charge in [0.15, 0.2) is 0 Å². The maximum absolute atomic E-state index is 11.8. The molecular weight excluding hydrogens is 334 g/mol. The zero-order chi connectivity index (χ0) is 17.7. The number of hydrogen-bond acceptors (Lipinski definition) is 6. The van der Waals surface area contributed by atoms with Crippen LogP contribution < -0.4 is 10.0 Å². The van der Waals surface area contributed by atoms with Gasteiger partial charge in [-0.2, -0.15) is 0 Å². The van der Waals surface area contributed by atoms with Gasteiger partial charge in [0.05, 0.1) is 9.82 Å². The van der Waals surface area contributed by atoms with Gasteiger partial charge in [-0.25, -0.2) is 13.1 Å². The zero-order valence-corrected chi connectivity index (χ0v) is 14.6. The smallest absolute Gasteiger partial charge is 0.293 e. The standard InChI is InChI=1S/C15H23N3O5S/c1-3-13(11-6-8-23-9-7-11)17-14-5-4-12(24(21,22)16-2)10-15(14)18(19)20/h4-5,10-11,13,16-17H,3,6-9H2,1-2H3/t13-/m0/s1. The van der Waals surface area contributed by atoms with Gasteiger partial charge in [0.25, 0.3) is 5.69 Å². The van der Waals surface area contributed by atoms with Crippen LogP contribution in [-0.2, 0) is 14.8 Å². The number of hydrogen-bond donors (Lipinski definition) is 2. The summed E-state index contributed by atoms with van der Waals surface area (Å²) in [6.45, 7) is 3.42. The Morgan fingerprint density at radius 2 is 2.04 bits per heavy atom. The van der Waals surface area contributed by atoms with Crippen LogP contribution >= 0.6 is 0 Å². The van der Waals surface area contributed by atoms with E-state index in [1.54, 1.807) is 0 Å². The summed E-state index contributed by atoms with van der Waals surface area (Å²) in [5.41, 5.74) is 0.102. The van der Waals surface area contributed by atoms with Crippen molar-refractivity contribution in [2.45, 2.75) is 37.1 Å². The summed E-state index contributed by atoms with van der Waals surface area (Å²) in [6, 6.07) is 4.01. The number of nitrogens with zero attached hydrogens (tertiary/aromatic N) is 1. The van der Waals surface area contributed by atoms with Gasteiger partial charge in [0.2, 0.25) is 10.0 Å². The van der Waals surface area contributed by atoms with E-state index in [9.17, 15) is 18.5 Å². The molecular formula is C15H23N3O5S. The molecule has 0 saturated carbocycles. The second-order valence-electron chi connectivity index (χ2n) is 5.75. The summed E-state index contributed by atoms with van der Waals surface area (Å²) in [5, 5.41) is 14.6. The Kier molecular flexibility index (Phi) is 6.14. The number of benzene rings is 1. The Morgan fingerprint density at radius 3 is 2.58 bits per heavy atom. The Morgan fingerprint density at radius 1 is 1.38 bits per heavy atom. The van der Waals surface area contributed by atoms with Crippen molar-refractivity contribution in [2.75, 3.05) is 25.6 Å². The molecule has 1 aromatic rings. The molecule has 0 radical (unpaired) electrons. The fraction of sp³-hybridized carbons (Fsp3) is 0.600. The van der Waals surface area contributed by atoms with Gasteiger partial charge < -0.3 is 10.1 Å². The van der Waals surface area contributed by atoms with E-state index in [2.05, 4.69) is 10.0 Å². The molecule has 1 aliphatic rings. The zero-order valence-electron chi connectivity index (χ0n) is 13.8. The highest BCUT2D eigenvalue weighted by atomic mass is 32.2. The third kappa shape index (κ3) is 4.22. The molecule has 1 aromatic carbocycles. The average molecular weight is 357 g/mol. The molecule has 24 heavy (non-hydrogen) atoms. The Hall–Kier alpha value is -1.71. The number of anilines is 1. The first-order valence-electron chi connectivity index (χ1n) is 7.95. The lowest BCUT2D eigenvalue weighted by molar-refractivity contribution is -0.384. The summed E-state index contributed by atoms with van der Waals surface area (Å²) < 4.78 is 31.2. The van der Waals surface area contributed by atoms with Gasteiger partial charge in [-0.1, -0.05) is 6.92 Å². The van der Waals surface area contributed by atoms with E-state index in [0.29, 0.717) is 24.8 Å². The number of nitro groups is 1. The van der Waals surface area contributed by atoms with Gasteiger partial charge in [0.1, 0.15) is 5.69 Å². The van der Waals surface area contributed by atoms with Gasteiger partial charge in [0, 0.05) is 25.3 Å². The minimum Gasteiger partial charge on any atom is -0.381 e. The fourth-order valence-electron chi connectivity index (χ4n) is 2.94. The summed E-state index contributed by atoms with van der Waals surface area (Å²) in [4.78, 5) is 10.7. The van der Waals surface area contributed by atoms with Crippen LogP contribution in [0.5, 0.6) is 0 Å². The molecule has 0 unspecified atom stereocenters. The van der Waals surface area contributed by atoms with Crippen LogP contribution in [0.3, 0.4) is 0 Å². The minimum atomic E-state index is -3.72. The van der Waals surface area contributed by atoms with E-state index >= 15 is 0 Å². The summed E-state index contributed by atoms with van der Waals surface area (Å²) in [5.74, 6) is 0.379. The molecule has 9 heteroatoms. The van der Waals surface area contributed by atoms with Gasteiger partial charge in [-0.05, 0) is 44.4 Å². The van der Waals surface area contributed by atoms with Crippen LogP contribution in [0.15, 0.2) is 23.1 Å². The van der Waals surface area contributed by atoms with Crippen molar-refractivity contribution in [1.29, 1.82) is 0 Å². The van der Waals surface area contributed by atoms with E-state index in [0.717, 1.165) is 25.3 Å². The van der Waals surface area contributed by atoms with Crippen molar-refractivity contribution in [2.24, 2.45) is 5.92 Å². The lowest BCUT2D eigenvalue weighted by Gasteiger charge is -2.30. The van der Waals surface area contributed by atoms with Crippen LogP contribution in [0.2, 0.25) is 0 Å². The van der Waals surface area contributed by atoms with E-state index in [4.69, 9.17) is 4.74 Å². The summed E-state index contributed by atoms with van der Waals surface area (Å²) in [6.07, 6.45) is 2.63. The highest BCUT2D eigenvalue weighted by Gasteiger charge is 2.26. The number of sulfonamides is 1. The highest BCUT2D eigenvalue weighted by molar-refractivity contribution is 7.89. The molecule has 0 bridgehead atoms. The first kappa shape index (κ1) is 18.6. The van der Waals surface area contributed by atoms with Crippen LogP contribution in [0.25, 0.3) is 0 Å². The van der Waals surface area contributed by atoms with Gasteiger partial charge in [-0.3, -0.25) is 10.1 Å². The maximum Gasteiger partial charge on any atom is 0.293 e. The molecule has 0 aromatic heterocycles. The van der Waals surface area contributed by atoms with Crippen molar-refractivity contribution < 1.29 is 18.1 Å². The molecule has 2 N–H and O–H groups in total. The topological polar surface area (TPSA) is 111 Å². The molecule has 1 fully saturated rings. The van der Waals surface area contributed by atoms with Crippen LogP contribution in [-0.4, -0.2) is 39.6 Å². The molecule has 134 valence electrons. The number of rotatable bonds is 7. The monoisotopic (exact) mass is 357 g/mol. The van der Waals surface area contributed by atoms with Crippen LogP contribution in [0, 0.1) is 16.0 Å². The van der Waals surface area contributed by atoms with E-state index in [1.165, 1.54) is 19.2 Å².